The number of nitrogens with one attached hydrogen (secondary N) is 1. The first-order valence-electron chi connectivity index (χ1n) is 9.79. The monoisotopic (exact) mass is 447 g/mol. The van der Waals surface area contributed by atoms with Gasteiger partial charge in [0.2, 0.25) is 0 Å². The van der Waals surface area contributed by atoms with E-state index in [2.05, 4.69) is 4.98 Å². The molecule has 0 spiro atoms. The maximum absolute atomic E-state index is 12.5. The minimum absolute atomic E-state index is 0.122. The molecule has 4 rings (SSSR count). The zero-order chi connectivity index (χ0) is 22.7. The smallest absolute Gasteiger partial charge is 0.338 e. The molecule has 4 aromatic rings. The van der Waals surface area contributed by atoms with Crippen LogP contribution in [-0.4, -0.2) is 22.0 Å². The summed E-state index contributed by atoms with van der Waals surface area (Å²) in [6.07, 6.45) is 0.330. The Bertz CT molecular complexity index is 1360. The van der Waals surface area contributed by atoms with E-state index in [1.807, 2.05) is 0 Å². The van der Waals surface area contributed by atoms with Gasteiger partial charge in [-0.05, 0) is 65.0 Å². The van der Waals surface area contributed by atoms with E-state index >= 15 is 0 Å². The summed E-state index contributed by atoms with van der Waals surface area (Å²) in [5.74, 6) is -1.48. The Balaban J connectivity index is 1.54. The quantitative estimate of drug-likeness (QED) is 0.413. The molecule has 1 aromatic heterocycles. The molecule has 0 unspecified atom stereocenters. The second kappa shape index (κ2) is 9.08. The van der Waals surface area contributed by atoms with Crippen LogP contribution in [0, 0.1) is 0 Å². The molecule has 0 aliphatic rings. The number of fused-ring (bicyclic) bond motifs is 1. The lowest BCUT2D eigenvalue weighted by molar-refractivity contribution is 0.0472. The summed E-state index contributed by atoms with van der Waals surface area (Å²) in [4.78, 5) is 38.8. The van der Waals surface area contributed by atoms with Gasteiger partial charge in [-0.25, -0.2) is 9.59 Å². The number of carbonyl (C=O) groups is 2. The van der Waals surface area contributed by atoms with Gasteiger partial charge in [0.15, 0.2) is 0 Å². The molecule has 6 nitrogen and oxygen atoms in total. The summed E-state index contributed by atoms with van der Waals surface area (Å²) in [7, 11) is 0. The fraction of sp³-hybridized carbons (Fsp3) is 0.0800. The summed E-state index contributed by atoms with van der Waals surface area (Å²) < 4.78 is 5.38. The van der Waals surface area contributed by atoms with E-state index in [0.717, 1.165) is 11.1 Å². The number of aromatic nitrogens is 1. The second-order valence-electron chi connectivity index (χ2n) is 7.31. The number of aromatic amines is 1. The minimum atomic E-state index is -1.00. The van der Waals surface area contributed by atoms with Gasteiger partial charge >= 0.3 is 11.9 Å². The maximum atomic E-state index is 12.5. The summed E-state index contributed by atoms with van der Waals surface area (Å²) in [6, 6.07) is 20.1. The lowest BCUT2D eigenvalue weighted by Gasteiger charge is -2.08. The fourth-order valence-corrected chi connectivity index (χ4v) is 3.43. The average Bonchev–Trinajstić information content (AvgIpc) is 2.79. The molecule has 0 aliphatic heterocycles. The molecule has 160 valence electrons. The number of pyridine rings is 1. The third-order valence-electron chi connectivity index (χ3n) is 5.04. The molecule has 0 aliphatic carbocycles. The van der Waals surface area contributed by atoms with Crippen LogP contribution < -0.4 is 5.56 Å². The van der Waals surface area contributed by atoms with Gasteiger partial charge in [0.1, 0.15) is 6.61 Å². The van der Waals surface area contributed by atoms with Gasteiger partial charge < -0.3 is 14.8 Å². The molecule has 0 radical (unpaired) electrons. The van der Waals surface area contributed by atoms with Gasteiger partial charge in [-0.2, -0.15) is 0 Å². The van der Waals surface area contributed by atoms with Crippen molar-refractivity contribution in [1.29, 1.82) is 0 Å². The van der Waals surface area contributed by atoms with Gasteiger partial charge in [-0.15, -0.1) is 0 Å². The lowest BCUT2D eigenvalue weighted by atomic mass is 10.0. The van der Waals surface area contributed by atoms with Gasteiger partial charge in [0.05, 0.1) is 11.1 Å². The van der Waals surface area contributed by atoms with Crippen LogP contribution in [0.1, 0.15) is 37.4 Å². The van der Waals surface area contributed by atoms with Crippen LogP contribution in [0.15, 0.2) is 77.6 Å². The number of H-pyrrole nitrogens is 1. The highest BCUT2D eigenvalue weighted by Gasteiger charge is 2.11. The van der Waals surface area contributed by atoms with E-state index in [-0.39, 0.29) is 17.7 Å². The van der Waals surface area contributed by atoms with Crippen LogP contribution in [0.4, 0.5) is 0 Å². The zero-order valence-corrected chi connectivity index (χ0v) is 17.6. The number of ether oxygens (including phenoxy) is 1. The highest BCUT2D eigenvalue weighted by molar-refractivity contribution is 6.30. The number of esters is 1. The summed E-state index contributed by atoms with van der Waals surface area (Å²) in [6.45, 7) is 0.122. The molecule has 0 fully saturated rings. The average molecular weight is 448 g/mol. The SMILES string of the molecule is O=C(O)c1ccc(Cc2cc3cc(C(=O)OCc4ccc(Cl)cc4)ccc3[nH]c2=O)cc1. The van der Waals surface area contributed by atoms with Crippen LogP contribution in [0.25, 0.3) is 10.9 Å². The Kier molecular flexibility index (Phi) is 6.05. The predicted molar refractivity (Wildman–Crippen MR) is 121 cm³/mol. The molecule has 0 saturated heterocycles. The third kappa shape index (κ3) is 4.87. The summed E-state index contributed by atoms with van der Waals surface area (Å²) in [5.41, 5.74) is 3.06. The number of benzene rings is 3. The summed E-state index contributed by atoms with van der Waals surface area (Å²) >= 11 is 5.86. The van der Waals surface area contributed by atoms with E-state index < -0.39 is 11.9 Å². The van der Waals surface area contributed by atoms with E-state index in [9.17, 15) is 14.4 Å². The number of carboxylic acids is 1. The number of hydrogen-bond donors (Lipinski definition) is 2. The van der Waals surface area contributed by atoms with Gasteiger partial charge in [-0.1, -0.05) is 35.9 Å². The Morgan fingerprint density at radius 1 is 0.875 bits per heavy atom. The topological polar surface area (TPSA) is 96.5 Å². The van der Waals surface area contributed by atoms with Crippen molar-refractivity contribution < 1.29 is 19.4 Å². The van der Waals surface area contributed by atoms with Crippen molar-refractivity contribution in [3.8, 4) is 0 Å². The number of carboxylic acid groups (broad SMARTS) is 1. The van der Waals surface area contributed by atoms with Crippen LogP contribution >= 0.6 is 11.6 Å². The molecule has 0 atom stereocenters. The van der Waals surface area contributed by atoms with Crippen LogP contribution in [0.3, 0.4) is 0 Å². The van der Waals surface area contributed by atoms with E-state index in [4.69, 9.17) is 21.4 Å². The van der Waals surface area contributed by atoms with Gasteiger partial charge in [-0.3, -0.25) is 4.79 Å². The maximum Gasteiger partial charge on any atom is 0.338 e. The first kappa shape index (κ1) is 21.3. The van der Waals surface area contributed by atoms with Crippen LogP contribution in [-0.2, 0) is 17.8 Å². The largest absolute Gasteiger partial charge is 0.478 e. The van der Waals surface area contributed by atoms with Gasteiger partial charge in [0.25, 0.3) is 5.56 Å². The highest BCUT2D eigenvalue weighted by Crippen LogP contribution is 2.18. The van der Waals surface area contributed by atoms with Crippen LogP contribution in [0.2, 0.25) is 5.02 Å². The highest BCUT2D eigenvalue weighted by atomic mass is 35.5. The number of carbonyl (C=O) groups excluding carboxylic acids is 1. The first-order chi connectivity index (χ1) is 15.4. The van der Waals surface area contributed by atoms with Crippen molar-refractivity contribution in [2.75, 3.05) is 0 Å². The Morgan fingerprint density at radius 2 is 1.53 bits per heavy atom. The van der Waals surface area contributed by atoms with E-state index in [1.54, 1.807) is 60.7 Å². The van der Waals surface area contributed by atoms with Crippen molar-refractivity contribution in [1.82, 2.24) is 4.98 Å². The molecule has 7 heteroatoms. The Hall–Kier alpha value is -3.90. The van der Waals surface area contributed by atoms with Crippen molar-refractivity contribution in [2.24, 2.45) is 0 Å². The number of aromatic carboxylic acids is 1. The Morgan fingerprint density at radius 3 is 2.22 bits per heavy atom. The number of rotatable bonds is 6. The third-order valence-corrected chi connectivity index (χ3v) is 5.29. The molecule has 2 N–H and O–H groups in total. The standard InChI is InChI=1S/C25H18ClNO5/c26-21-8-3-16(4-9-21)14-32-25(31)18-7-10-22-19(12-18)13-20(23(28)27-22)11-15-1-5-17(6-2-15)24(29)30/h1-10,12-13H,11,14H2,(H,27,28)(H,29,30). The molecule has 0 saturated carbocycles. The normalized spacial score (nSPS) is 10.8. The van der Waals surface area contributed by atoms with E-state index in [0.29, 0.717) is 33.5 Å². The molecule has 3 aromatic carbocycles. The molecule has 1 heterocycles. The number of halogens is 1. The zero-order valence-electron chi connectivity index (χ0n) is 16.8. The van der Waals surface area contributed by atoms with E-state index in [1.165, 1.54) is 12.1 Å². The van der Waals surface area contributed by atoms with Crippen molar-refractivity contribution in [3.05, 3.63) is 116 Å². The number of hydrogen-bond acceptors (Lipinski definition) is 4. The molecule has 0 amide bonds. The first-order valence-corrected chi connectivity index (χ1v) is 10.2. The predicted octanol–water partition coefficient (Wildman–Crippen LogP) is 4.83. The van der Waals surface area contributed by atoms with Gasteiger partial charge in [0, 0.05) is 22.5 Å². The van der Waals surface area contributed by atoms with Crippen molar-refractivity contribution >= 4 is 34.4 Å². The minimum Gasteiger partial charge on any atom is -0.478 e. The molecular formula is C25H18ClNO5. The fourth-order valence-electron chi connectivity index (χ4n) is 3.31. The second-order valence-corrected chi connectivity index (χ2v) is 7.74. The molecule has 32 heavy (non-hydrogen) atoms. The Labute approximate surface area is 188 Å². The molecule has 0 bridgehead atoms. The summed E-state index contributed by atoms with van der Waals surface area (Å²) in [5, 5.41) is 10.3. The molecular weight excluding hydrogens is 430 g/mol. The van der Waals surface area contributed by atoms with Crippen molar-refractivity contribution in [2.45, 2.75) is 13.0 Å². The van der Waals surface area contributed by atoms with Crippen LogP contribution in [0.5, 0.6) is 0 Å². The van der Waals surface area contributed by atoms with Crippen molar-refractivity contribution in [3.63, 3.8) is 0 Å². The lowest BCUT2D eigenvalue weighted by Crippen LogP contribution is -2.13.